The van der Waals surface area contributed by atoms with Crippen LogP contribution in [0.15, 0.2) is 66.9 Å². The number of aryl methyl sites for hydroxylation is 2. The largest absolute Gasteiger partial charge is 0.493 e. The van der Waals surface area contributed by atoms with Crippen molar-refractivity contribution in [3.63, 3.8) is 0 Å². The Kier molecular flexibility index (Phi) is 9.88. The maximum atomic E-state index is 13.1. The number of likely N-dealkylation sites (tertiary alicyclic amines) is 1. The van der Waals surface area contributed by atoms with Crippen LogP contribution >= 0.6 is 0 Å². The van der Waals surface area contributed by atoms with Gasteiger partial charge < -0.3 is 29.3 Å². The van der Waals surface area contributed by atoms with Crippen LogP contribution in [0.4, 0.5) is 0 Å². The summed E-state index contributed by atoms with van der Waals surface area (Å²) in [7, 11) is 3.21. The number of aromatic nitrogens is 1. The summed E-state index contributed by atoms with van der Waals surface area (Å²) in [6, 6.07) is 18.6. The second-order valence-corrected chi connectivity index (χ2v) is 11.0. The smallest absolute Gasteiger partial charge is 0.239 e. The van der Waals surface area contributed by atoms with Gasteiger partial charge in [-0.25, -0.2) is 0 Å². The van der Waals surface area contributed by atoms with Crippen LogP contribution in [0.1, 0.15) is 36.1 Å². The van der Waals surface area contributed by atoms with E-state index in [0.717, 1.165) is 16.8 Å². The van der Waals surface area contributed by atoms with E-state index in [1.807, 2.05) is 60.7 Å². The number of carbonyl (C=O) groups excluding carboxylic acids is 3. The molecule has 10 nitrogen and oxygen atoms in total. The molecule has 1 saturated heterocycles. The number of hydrogen-bond donors (Lipinski definition) is 1. The van der Waals surface area contributed by atoms with Gasteiger partial charge in [0.1, 0.15) is 5.75 Å². The van der Waals surface area contributed by atoms with E-state index in [0.29, 0.717) is 56.0 Å². The number of benzene rings is 2. The van der Waals surface area contributed by atoms with Gasteiger partial charge in [-0.3, -0.25) is 19.4 Å². The third-order valence-electron chi connectivity index (χ3n) is 7.83. The minimum Gasteiger partial charge on any atom is -0.493 e. The minimum absolute atomic E-state index is 0.0232. The zero-order chi connectivity index (χ0) is 30.2. The van der Waals surface area contributed by atoms with Crippen LogP contribution in [-0.2, 0) is 38.6 Å². The molecule has 43 heavy (non-hydrogen) atoms. The van der Waals surface area contributed by atoms with Crippen LogP contribution in [0.25, 0.3) is 0 Å². The lowest BCUT2D eigenvalue weighted by atomic mass is 10.0. The van der Waals surface area contributed by atoms with Crippen molar-refractivity contribution in [3.8, 4) is 17.2 Å². The standard InChI is InChI=1S/C33H38N4O6/c1-36-21-31(38)35-27-15-17-37(33(40)14-11-25-7-3-4-16-34-25)20-30(27)42-22-24-6-5-8-26(18-24)43-28-12-9-23(10-13-32(36)39)19-29(28)41-2/h3-9,12,16,18-19,27,30H,10-11,13-15,17,20-22H2,1-2H3,(H,35,38)/t27-,30-/m0/s1. The third-order valence-corrected chi connectivity index (χ3v) is 7.83. The fraction of sp³-hybridized carbons (Fsp3) is 0.394. The molecule has 1 aromatic heterocycles. The second-order valence-electron chi connectivity index (χ2n) is 11.0. The van der Waals surface area contributed by atoms with Crippen LogP contribution in [0, 0.1) is 0 Å². The van der Waals surface area contributed by atoms with Gasteiger partial charge in [-0.2, -0.15) is 0 Å². The van der Waals surface area contributed by atoms with Crippen molar-refractivity contribution in [3.05, 3.63) is 83.7 Å². The number of fused-ring (bicyclic) bond motifs is 9. The van der Waals surface area contributed by atoms with Crippen molar-refractivity contribution < 1.29 is 28.6 Å². The van der Waals surface area contributed by atoms with Crippen molar-refractivity contribution >= 4 is 17.7 Å². The summed E-state index contributed by atoms with van der Waals surface area (Å²) in [6.07, 6.45) is 3.49. The molecule has 10 heteroatoms. The van der Waals surface area contributed by atoms with Gasteiger partial charge in [0.25, 0.3) is 0 Å². The normalized spacial score (nSPS) is 19.8. The molecule has 0 saturated carbocycles. The predicted molar refractivity (Wildman–Crippen MR) is 160 cm³/mol. The number of ether oxygens (including phenoxy) is 3. The highest BCUT2D eigenvalue weighted by atomic mass is 16.5. The first kappa shape index (κ1) is 30.0. The molecule has 6 rings (SSSR count). The molecule has 2 atom stereocenters. The fourth-order valence-corrected chi connectivity index (χ4v) is 5.40. The zero-order valence-electron chi connectivity index (χ0n) is 24.7. The lowest BCUT2D eigenvalue weighted by molar-refractivity contribution is -0.139. The summed E-state index contributed by atoms with van der Waals surface area (Å²) in [5.41, 5.74) is 2.69. The Bertz CT molecular complexity index is 1430. The van der Waals surface area contributed by atoms with E-state index < -0.39 is 6.10 Å². The van der Waals surface area contributed by atoms with E-state index in [9.17, 15) is 14.4 Å². The molecule has 0 radical (unpaired) electrons. The summed E-state index contributed by atoms with van der Waals surface area (Å²) in [4.78, 5) is 46.6. The summed E-state index contributed by atoms with van der Waals surface area (Å²) in [5, 5.41) is 3.07. The number of methoxy groups -OCH3 is 1. The van der Waals surface area contributed by atoms with Gasteiger partial charge in [0, 0.05) is 44.9 Å². The number of carbonyl (C=O) groups is 3. The van der Waals surface area contributed by atoms with Crippen LogP contribution in [-0.4, -0.2) is 78.4 Å². The molecule has 3 amide bonds. The molecule has 4 bridgehead atoms. The van der Waals surface area contributed by atoms with Gasteiger partial charge in [0.05, 0.1) is 32.4 Å². The summed E-state index contributed by atoms with van der Waals surface area (Å²) < 4.78 is 18.1. The summed E-state index contributed by atoms with van der Waals surface area (Å²) >= 11 is 0. The SMILES string of the molecule is COc1cc2ccc1Oc1cccc(c1)CO[C@H]1CN(C(=O)CCc3ccccn3)CC[C@@H]1NC(=O)CN(C)C(=O)CC2. The molecule has 3 aliphatic rings. The Balaban J connectivity index is 1.34. The molecule has 1 N–H and O–H groups in total. The van der Waals surface area contributed by atoms with Gasteiger partial charge in [0.15, 0.2) is 11.5 Å². The lowest BCUT2D eigenvalue weighted by Crippen LogP contribution is -2.57. The highest BCUT2D eigenvalue weighted by Gasteiger charge is 2.33. The summed E-state index contributed by atoms with van der Waals surface area (Å²) in [5.74, 6) is 1.38. The zero-order valence-corrected chi connectivity index (χ0v) is 24.7. The number of hydrogen-bond acceptors (Lipinski definition) is 7. The van der Waals surface area contributed by atoms with Gasteiger partial charge >= 0.3 is 0 Å². The molecule has 2 aromatic carbocycles. The van der Waals surface area contributed by atoms with Crippen molar-refractivity contribution in [2.75, 3.05) is 33.8 Å². The van der Waals surface area contributed by atoms with Crippen LogP contribution < -0.4 is 14.8 Å². The first-order valence-corrected chi connectivity index (χ1v) is 14.6. The highest BCUT2D eigenvalue weighted by Crippen LogP contribution is 2.33. The molecule has 0 aliphatic carbocycles. The first-order valence-electron chi connectivity index (χ1n) is 14.6. The van der Waals surface area contributed by atoms with Crippen LogP contribution in [0.2, 0.25) is 0 Å². The lowest BCUT2D eigenvalue weighted by Gasteiger charge is -2.39. The van der Waals surface area contributed by atoms with E-state index in [1.54, 1.807) is 25.3 Å². The highest BCUT2D eigenvalue weighted by molar-refractivity contribution is 5.85. The monoisotopic (exact) mass is 586 g/mol. The Morgan fingerprint density at radius 3 is 2.77 bits per heavy atom. The molecule has 226 valence electrons. The molecular weight excluding hydrogens is 548 g/mol. The third kappa shape index (κ3) is 8.10. The second kappa shape index (κ2) is 14.2. The maximum absolute atomic E-state index is 13.1. The van der Waals surface area contributed by atoms with E-state index in [1.165, 1.54) is 4.90 Å². The van der Waals surface area contributed by atoms with Crippen molar-refractivity contribution in [2.24, 2.45) is 0 Å². The Morgan fingerprint density at radius 1 is 1.07 bits per heavy atom. The van der Waals surface area contributed by atoms with E-state index in [2.05, 4.69) is 10.3 Å². The van der Waals surface area contributed by atoms with E-state index in [4.69, 9.17) is 14.2 Å². The molecule has 1 fully saturated rings. The van der Waals surface area contributed by atoms with E-state index in [-0.39, 0.29) is 43.3 Å². The average molecular weight is 587 g/mol. The molecular formula is C33H38N4O6. The van der Waals surface area contributed by atoms with Crippen molar-refractivity contribution in [1.82, 2.24) is 20.1 Å². The number of pyridine rings is 1. The number of nitrogens with one attached hydrogen (secondary N) is 1. The average Bonchev–Trinajstić information content (AvgIpc) is 3.02. The molecule has 0 spiro atoms. The van der Waals surface area contributed by atoms with E-state index >= 15 is 0 Å². The van der Waals surface area contributed by atoms with Crippen LogP contribution in [0.5, 0.6) is 17.2 Å². The van der Waals surface area contributed by atoms with Gasteiger partial charge in [-0.15, -0.1) is 0 Å². The quantitative estimate of drug-likeness (QED) is 0.498. The van der Waals surface area contributed by atoms with Crippen LogP contribution in [0.3, 0.4) is 0 Å². The molecule has 0 unspecified atom stereocenters. The predicted octanol–water partition coefficient (Wildman–Crippen LogP) is 3.52. The Hall–Kier alpha value is -4.44. The number of rotatable bonds is 4. The van der Waals surface area contributed by atoms with Crippen molar-refractivity contribution in [1.29, 1.82) is 0 Å². The summed E-state index contributed by atoms with van der Waals surface area (Å²) in [6.45, 7) is 1.05. The molecule has 3 aromatic rings. The fourth-order valence-electron chi connectivity index (χ4n) is 5.40. The van der Waals surface area contributed by atoms with Crippen molar-refractivity contribution in [2.45, 2.75) is 50.9 Å². The van der Waals surface area contributed by atoms with Gasteiger partial charge in [-0.05, 0) is 66.8 Å². The molecule has 3 aliphatic heterocycles. The number of nitrogens with zero attached hydrogens (tertiary/aromatic N) is 3. The number of piperidine rings is 1. The topological polar surface area (TPSA) is 110 Å². The minimum atomic E-state index is -0.434. The first-order chi connectivity index (χ1) is 20.9. The molecule has 4 heterocycles. The Morgan fingerprint density at radius 2 is 1.95 bits per heavy atom. The number of likely N-dealkylation sites (N-methyl/N-ethyl adjacent to an activating group) is 1. The van der Waals surface area contributed by atoms with Gasteiger partial charge in [-0.1, -0.05) is 24.3 Å². The Labute approximate surface area is 251 Å². The number of amides is 3. The van der Waals surface area contributed by atoms with Gasteiger partial charge in [0.2, 0.25) is 17.7 Å². The maximum Gasteiger partial charge on any atom is 0.239 e.